The van der Waals surface area contributed by atoms with Crippen molar-refractivity contribution in [2.45, 2.75) is 85.0 Å². The van der Waals surface area contributed by atoms with Gasteiger partial charge >= 0.3 is 0 Å². The summed E-state index contributed by atoms with van der Waals surface area (Å²) in [5, 5.41) is 3.73. The van der Waals surface area contributed by atoms with Crippen molar-refractivity contribution in [2.24, 2.45) is 29.6 Å². The Hall–Kier alpha value is -0.0400. The smallest absolute Gasteiger partial charge is 0.00178 e. The Balaban J connectivity index is 1.89. The molecule has 3 unspecified atom stereocenters. The van der Waals surface area contributed by atoms with Crippen molar-refractivity contribution in [3.63, 3.8) is 0 Å². The summed E-state index contributed by atoms with van der Waals surface area (Å²) in [5.41, 5.74) is 0. The van der Waals surface area contributed by atoms with Crippen molar-refractivity contribution in [2.75, 3.05) is 13.1 Å². The van der Waals surface area contributed by atoms with Crippen molar-refractivity contribution in [1.29, 1.82) is 0 Å². The van der Waals surface area contributed by atoms with Gasteiger partial charge in [-0.25, -0.2) is 0 Å². The standard InChI is InChI=1S/C20H39N/c1-4-13-21-15-19-12-9-17(6-3)14-20(19)18-10-7-16(5-2)8-11-18/h16-21H,4-15H2,1-3H3. The molecule has 2 fully saturated rings. The number of hydrogen-bond donors (Lipinski definition) is 1. The summed E-state index contributed by atoms with van der Waals surface area (Å²) in [5.74, 6) is 5.13. The molecule has 1 nitrogen and oxygen atoms in total. The summed E-state index contributed by atoms with van der Waals surface area (Å²) in [6, 6.07) is 0. The van der Waals surface area contributed by atoms with E-state index in [2.05, 4.69) is 26.1 Å². The van der Waals surface area contributed by atoms with E-state index < -0.39 is 0 Å². The van der Waals surface area contributed by atoms with Gasteiger partial charge in [0.25, 0.3) is 0 Å². The molecule has 21 heavy (non-hydrogen) atoms. The maximum atomic E-state index is 3.73. The van der Waals surface area contributed by atoms with Crippen molar-refractivity contribution in [3.05, 3.63) is 0 Å². The van der Waals surface area contributed by atoms with E-state index in [1.807, 2.05) is 0 Å². The molecule has 0 amide bonds. The summed E-state index contributed by atoms with van der Waals surface area (Å²) in [6.07, 6.45) is 14.7. The molecule has 2 rings (SSSR count). The topological polar surface area (TPSA) is 12.0 Å². The van der Waals surface area contributed by atoms with E-state index >= 15 is 0 Å². The minimum atomic E-state index is 0.975. The monoisotopic (exact) mass is 293 g/mol. The molecule has 0 bridgehead atoms. The van der Waals surface area contributed by atoms with Crippen LogP contribution in [0.3, 0.4) is 0 Å². The van der Waals surface area contributed by atoms with Crippen molar-refractivity contribution >= 4 is 0 Å². The van der Waals surface area contributed by atoms with Crippen LogP contribution in [-0.4, -0.2) is 13.1 Å². The maximum Gasteiger partial charge on any atom is -0.00178 e. The van der Waals surface area contributed by atoms with E-state index in [1.54, 1.807) is 0 Å². The second-order valence-corrected chi connectivity index (χ2v) is 7.90. The fraction of sp³-hybridized carbons (Fsp3) is 1.00. The SMILES string of the molecule is CCCNCC1CCC(CC)CC1C1CCC(CC)CC1. The zero-order valence-electron chi connectivity index (χ0n) is 14.9. The molecule has 124 valence electrons. The van der Waals surface area contributed by atoms with Crippen LogP contribution in [0.5, 0.6) is 0 Å². The maximum absolute atomic E-state index is 3.73. The largest absolute Gasteiger partial charge is 0.316 e. The lowest BCUT2D eigenvalue weighted by Crippen LogP contribution is -2.38. The molecule has 0 spiro atoms. The fourth-order valence-electron chi connectivity index (χ4n) is 5.05. The van der Waals surface area contributed by atoms with Gasteiger partial charge in [-0.1, -0.05) is 52.9 Å². The molecule has 1 heteroatoms. The number of nitrogens with one attached hydrogen (secondary N) is 1. The minimum Gasteiger partial charge on any atom is -0.316 e. The molecule has 0 aromatic rings. The second kappa shape index (κ2) is 9.18. The first kappa shape index (κ1) is 17.3. The Morgan fingerprint density at radius 2 is 1.48 bits per heavy atom. The molecule has 1 N–H and O–H groups in total. The van der Waals surface area contributed by atoms with Crippen LogP contribution in [0.4, 0.5) is 0 Å². The molecule has 0 aliphatic heterocycles. The summed E-state index contributed by atoms with van der Waals surface area (Å²) >= 11 is 0. The van der Waals surface area contributed by atoms with Crippen LogP contribution >= 0.6 is 0 Å². The minimum absolute atomic E-state index is 0.975. The molecule has 2 saturated carbocycles. The molecule has 2 aliphatic rings. The van der Waals surface area contributed by atoms with E-state index in [-0.39, 0.29) is 0 Å². The Labute approximate surface area is 133 Å². The first-order valence-electron chi connectivity index (χ1n) is 9.99. The molecule has 0 saturated heterocycles. The van der Waals surface area contributed by atoms with Gasteiger partial charge in [-0.05, 0) is 74.8 Å². The van der Waals surface area contributed by atoms with Gasteiger partial charge < -0.3 is 5.32 Å². The normalized spacial score (nSPS) is 37.6. The van der Waals surface area contributed by atoms with Crippen LogP contribution in [0, 0.1) is 29.6 Å². The van der Waals surface area contributed by atoms with Crippen LogP contribution in [-0.2, 0) is 0 Å². The first-order valence-corrected chi connectivity index (χ1v) is 9.99. The highest BCUT2D eigenvalue weighted by Crippen LogP contribution is 2.45. The second-order valence-electron chi connectivity index (χ2n) is 7.90. The van der Waals surface area contributed by atoms with Gasteiger partial charge in [0.15, 0.2) is 0 Å². The lowest BCUT2D eigenvalue weighted by Gasteiger charge is -2.43. The first-order chi connectivity index (χ1) is 10.3. The van der Waals surface area contributed by atoms with Crippen LogP contribution in [0.15, 0.2) is 0 Å². The third-order valence-electron chi connectivity index (χ3n) is 6.64. The third kappa shape index (κ3) is 4.98. The predicted octanol–water partition coefficient (Wildman–Crippen LogP) is 5.64. The average molecular weight is 294 g/mol. The quantitative estimate of drug-likeness (QED) is 0.598. The lowest BCUT2D eigenvalue weighted by atomic mass is 9.63. The molecule has 0 aromatic heterocycles. The van der Waals surface area contributed by atoms with Crippen LogP contribution in [0.1, 0.15) is 85.0 Å². The Morgan fingerprint density at radius 1 is 0.810 bits per heavy atom. The van der Waals surface area contributed by atoms with Crippen molar-refractivity contribution < 1.29 is 0 Å². The fourth-order valence-corrected chi connectivity index (χ4v) is 5.05. The van der Waals surface area contributed by atoms with Gasteiger partial charge in [0.2, 0.25) is 0 Å². The van der Waals surface area contributed by atoms with Crippen molar-refractivity contribution in [1.82, 2.24) is 5.32 Å². The van der Waals surface area contributed by atoms with Gasteiger partial charge in [-0.2, -0.15) is 0 Å². The zero-order valence-corrected chi connectivity index (χ0v) is 14.9. The Kier molecular flexibility index (Phi) is 7.57. The van der Waals surface area contributed by atoms with Crippen LogP contribution < -0.4 is 5.32 Å². The third-order valence-corrected chi connectivity index (χ3v) is 6.64. The summed E-state index contributed by atoms with van der Waals surface area (Å²) in [6.45, 7) is 9.58. The van der Waals surface area contributed by atoms with E-state index in [4.69, 9.17) is 0 Å². The number of hydrogen-bond acceptors (Lipinski definition) is 1. The molecule has 0 aromatic carbocycles. The Bertz CT molecular complexity index is 254. The summed E-state index contributed by atoms with van der Waals surface area (Å²) in [4.78, 5) is 0. The molecule has 3 atom stereocenters. The van der Waals surface area contributed by atoms with E-state index in [0.717, 1.165) is 29.6 Å². The van der Waals surface area contributed by atoms with Gasteiger partial charge in [-0.15, -0.1) is 0 Å². The highest BCUT2D eigenvalue weighted by molar-refractivity contribution is 4.87. The van der Waals surface area contributed by atoms with Gasteiger partial charge in [-0.3, -0.25) is 0 Å². The molecule has 0 radical (unpaired) electrons. The summed E-state index contributed by atoms with van der Waals surface area (Å²) < 4.78 is 0. The van der Waals surface area contributed by atoms with Gasteiger partial charge in [0.05, 0.1) is 0 Å². The van der Waals surface area contributed by atoms with Crippen LogP contribution in [0.25, 0.3) is 0 Å². The molecular weight excluding hydrogens is 254 g/mol. The summed E-state index contributed by atoms with van der Waals surface area (Å²) in [7, 11) is 0. The van der Waals surface area contributed by atoms with Gasteiger partial charge in [0.1, 0.15) is 0 Å². The van der Waals surface area contributed by atoms with Gasteiger partial charge in [0, 0.05) is 0 Å². The average Bonchev–Trinajstić information content (AvgIpc) is 2.55. The molecular formula is C20H39N. The van der Waals surface area contributed by atoms with Crippen molar-refractivity contribution in [3.8, 4) is 0 Å². The Morgan fingerprint density at radius 3 is 2.10 bits per heavy atom. The van der Waals surface area contributed by atoms with E-state index in [9.17, 15) is 0 Å². The molecule has 0 heterocycles. The number of rotatable bonds is 7. The zero-order chi connectivity index (χ0) is 15.1. The highest BCUT2D eigenvalue weighted by Gasteiger charge is 2.36. The predicted molar refractivity (Wildman–Crippen MR) is 93.5 cm³/mol. The van der Waals surface area contributed by atoms with E-state index in [0.29, 0.717) is 0 Å². The van der Waals surface area contributed by atoms with E-state index in [1.165, 1.54) is 77.3 Å². The highest BCUT2D eigenvalue weighted by atomic mass is 14.9. The molecule has 2 aliphatic carbocycles. The van der Waals surface area contributed by atoms with Crippen LogP contribution in [0.2, 0.25) is 0 Å². The lowest BCUT2D eigenvalue weighted by molar-refractivity contribution is 0.0822.